The van der Waals surface area contributed by atoms with Gasteiger partial charge in [-0.15, -0.1) is 0 Å². The molecule has 0 bridgehead atoms. The Morgan fingerprint density at radius 1 is 1.00 bits per heavy atom. The number of methoxy groups -OCH3 is 3. The first kappa shape index (κ1) is 17.1. The molecule has 0 N–H and O–H groups in total. The maximum Gasteiger partial charge on any atom is 0.203 e. The summed E-state index contributed by atoms with van der Waals surface area (Å²) in [5.74, 6) is 1.20. The fourth-order valence-electron chi connectivity index (χ4n) is 2.10. The average Bonchev–Trinajstić information content (AvgIpc) is 2.59. The van der Waals surface area contributed by atoms with Gasteiger partial charge in [0.25, 0.3) is 0 Å². The van der Waals surface area contributed by atoms with Gasteiger partial charge in [0.2, 0.25) is 5.75 Å². The van der Waals surface area contributed by atoms with E-state index < -0.39 is 0 Å². The standard InChI is InChI=1S/C18H17BrO4/c1-21-16-10-13(11-17(22-2)18(16)23-3)15(20)9-8-12-6-4-5-7-14(12)19/h4-11H,1-3H3/b9-8+. The number of rotatable bonds is 6. The molecule has 0 heterocycles. The molecule has 0 radical (unpaired) electrons. The van der Waals surface area contributed by atoms with E-state index in [2.05, 4.69) is 15.9 Å². The molecule has 23 heavy (non-hydrogen) atoms. The molecule has 2 aromatic carbocycles. The Morgan fingerprint density at radius 3 is 2.13 bits per heavy atom. The normalized spacial score (nSPS) is 10.6. The maximum absolute atomic E-state index is 12.4. The van der Waals surface area contributed by atoms with Gasteiger partial charge in [0, 0.05) is 10.0 Å². The Balaban J connectivity index is 2.34. The van der Waals surface area contributed by atoms with Crippen LogP contribution in [-0.2, 0) is 0 Å². The Morgan fingerprint density at radius 2 is 1.61 bits per heavy atom. The van der Waals surface area contributed by atoms with Crippen LogP contribution in [0.3, 0.4) is 0 Å². The summed E-state index contributed by atoms with van der Waals surface area (Å²) in [7, 11) is 4.56. The minimum Gasteiger partial charge on any atom is -0.493 e. The summed E-state index contributed by atoms with van der Waals surface area (Å²) in [5, 5.41) is 0. The molecule has 0 aliphatic rings. The van der Waals surface area contributed by atoms with E-state index in [0.717, 1.165) is 10.0 Å². The van der Waals surface area contributed by atoms with Gasteiger partial charge >= 0.3 is 0 Å². The van der Waals surface area contributed by atoms with Crippen LogP contribution >= 0.6 is 15.9 Å². The second-order valence-corrected chi connectivity index (χ2v) is 5.49. The molecule has 120 valence electrons. The van der Waals surface area contributed by atoms with Crippen molar-refractivity contribution < 1.29 is 19.0 Å². The lowest BCUT2D eigenvalue weighted by atomic mass is 10.1. The maximum atomic E-state index is 12.4. The van der Waals surface area contributed by atoms with Crippen molar-refractivity contribution in [1.82, 2.24) is 0 Å². The van der Waals surface area contributed by atoms with Gasteiger partial charge in [-0.25, -0.2) is 0 Å². The first-order valence-electron chi connectivity index (χ1n) is 6.87. The highest BCUT2D eigenvalue weighted by Gasteiger charge is 2.15. The molecule has 2 aromatic rings. The quantitative estimate of drug-likeness (QED) is 0.554. The zero-order valence-electron chi connectivity index (χ0n) is 13.1. The van der Waals surface area contributed by atoms with Crippen molar-refractivity contribution in [3.8, 4) is 17.2 Å². The Bertz CT molecular complexity index is 713. The molecular formula is C18H17BrO4. The van der Waals surface area contributed by atoms with Crippen LogP contribution in [0.2, 0.25) is 0 Å². The number of carbonyl (C=O) groups is 1. The predicted octanol–water partition coefficient (Wildman–Crippen LogP) is 4.37. The fourth-order valence-corrected chi connectivity index (χ4v) is 2.51. The summed E-state index contributed by atoms with van der Waals surface area (Å²) in [6.45, 7) is 0. The topological polar surface area (TPSA) is 44.8 Å². The number of allylic oxidation sites excluding steroid dienone is 1. The number of benzene rings is 2. The first-order chi connectivity index (χ1) is 11.1. The van der Waals surface area contributed by atoms with Crippen LogP contribution in [0.4, 0.5) is 0 Å². The monoisotopic (exact) mass is 376 g/mol. The third kappa shape index (κ3) is 3.93. The van der Waals surface area contributed by atoms with Crippen LogP contribution in [0.15, 0.2) is 46.9 Å². The van der Waals surface area contributed by atoms with Crippen LogP contribution in [-0.4, -0.2) is 27.1 Å². The van der Waals surface area contributed by atoms with Crippen LogP contribution in [0.25, 0.3) is 6.08 Å². The zero-order chi connectivity index (χ0) is 16.8. The highest BCUT2D eigenvalue weighted by Crippen LogP contribution is 2.38. The van der Waals surface area contributed by atoms with Crippen molar-refractivity contribution in [2.24, 2.45) is 0 Å². The van der Waals surface area contributed by atoms with Gasteiger partial charge in [-0.1, -0.05) is 34.1 Å². The van der Waals surface area contributed by atoms with E-state index in [9.17, 15) is 4.79 Å². The van der Waals surface area contributed by atoms with E-state index in [1.165, 1.54) is 27.4 Å². The smallest absolute Gasteiger partial charge is 0.203 e. The van der Waals surface area contributed by atoms with Gasteiger partial charge in [-0.3, -0.25) is 4.79 Å². The van der Waals surface area contributed by atoms with E-state index in [1.54, 1.807) is 18.2 Å². The molecule has 0 unspecified atom stereocenters. The minimum atomic E-state index is -0.153. The summed E-state index contributed by atoms with van der Waals surface area (Å²) in [6, 6.07) is 10.9. The van der Waals surface area contributed by atoms with Crippen molar-refractivity contribution in [3.63, 3.8) is 0 Å². The molecule has 5 heteroatoms. The van der Waals surface area contributed by atoms with Crippen molar-refractivity contribution >= 4 is 27.8 Å². The van der Waals surface area contributed by atoms with Crippen molar-refractivity contribution in [3.05, 3.63) is 58.1 Å². The lowest BCUT2D eigenvalue weighted by Crippen LogP contribution is -2.00. The second kappa shape index (κ2) is 7.83. The number of hydrogen-bond acceptors (Lipinski definition) is 4. The Hall–Kier alpha value is -2.27. The molecule has 4 nitrogen and oxygen atoms in total. The molecule has 0 saturated heterocycles. The van der Waals surface area contributed by atoms with E-state index in [0.29, 0.717) is 22.8 Å². The molecular weight excluding hydrogens is 360 g/mol. The van der Waals surface area contributed by atoms with Gasteiger partial charge in [0.15, 0.2) is 17.3 Å². The molecule has 0 aliphatic heterocycles. The van der Waals surface area contributed by atoms with E-state index in [4.69, 9.17) is 14.2 Å². The number of carbonyl (C=O) groups excluding carboxylic acids is 1. The van der Waals surface area contributed by atoms with Crippen LogP contribution in [0.1, 0.15) is 15.9 Å². The highest BCUT2D eigenvalue weighted by molar-refractivity contribution is 9.10. The predicted molar refractivity (Wildman–Crippen MR) is 93.6 cm³/mol. The summed E-state index contributed by atoms with van der Waals surface area (Å²) in [5.41, 5.74) is 1.39. The number of halogens is 1. The van der Waals surface area contributed by atoms with Crippen molar-refractivity contribution in [1.29, 1.82) is 0 Å². The number of ketones is 1. The third-order valence-corrected chi connectivity index (χ3v) is 3.99. The van der Waals surface area contributed by atoms with E-state index >= 15 is 0 Å². The average molecular weight is 377 g/mol. The van der Waals surface area contributed by atoms with Crippen molar-refractivity contribution in [2.45, 2.75) is 0 Å². The van der Waals surface area contributed by atoms with Gasteiger partial charge < -0.3 is 14.2 Å². The lowest BCUT2D eigenvalue weighted by Gasteiger charge is -2.13. The number of hydrogen-bond donors (Lipinski definition) is 0. The van der Waals surface area contributed by atoms with E-state index in [1.807, 2.05) is 24.3 Å². The minimum absolute atomic E-state index is 0.153. The molecule has 0 atom stereocenters. The molecule has 0 aromatic heterocycles. The molecule has 0 aliphatic carbocycles. The van der Waals surface area contributed by atoms with Crippen LogP contribution < -0.4 is 14.2 Å². The highest BCUT2D eigenvalue weighted by atomic mass is 79.9. The largest absolute Gasteiger partial charge is 0.493 e. The summed E-state index contributed by atoms with van der Waals surface area (Å²) in [6.07, 6.45) is 3.27. The van der Waals surface area contributed by atoms with Gasteiger partial charge in [0.1, 0.15) is 0 Å². The second-order valence-electron chi connectivity index (χ2n) is 4.63. The summed E-state index contributed by atoms with van der Waals surface area (Å²) >= 11 is 3.45. The molecule has 0 amide bonds. The Kier molecular flexibility index (Phi) is 5.82. The van der Waals surface area contributed by atoms with Crippen molar-refractivity contribution in [2.75, 3.05) is 21.3 Å². The lowest BCUT2D eigenvalue weighted by molar-refractivity contribution is 0.104. The first-order valence-corrected chi connectivity index (χ1v) is 7.67. The Labute approximate surface area is 143 Å². The van der Waals surface area contributed by atoms with Gasteiger partial charge in [-0.05, 0) is 35.9 Å². The molecule has 2 rings (SSSR count). The molecule has 0 saturated carbocycles. The third-order valence-electron chi connectivity index (χ3n) is 3.27. The molecule has 0 spiro atoms. The van der Waals surface area contributed by atoms with Gasteiger partial charge in [0.05, 0.1) is 21.3 Å². The van der Waals surface area contributed by atoms with E-state index in [-0.39, 0.29) is 5.78 Å². The van der Waals surface area contributed by atoms with Crippen LogP contribution in [0.5, 0.6) is 17.2 Å². The summed E-state index contributed by atoms with van der Waals surface area (Å²) in [4.78, 5) is 12.4. The fraction of sp³-hybridized carbons (Fsp3) is 0.167. The zero-order valence-corrected chi connectivity index (χ0v) is 14.7. The SMILES string of the molecule is COc1cc(C(=O)/C=C/c2ccccc2Br)cc(OC)c1OC. The van der Waals surface area contributed by atoms with Gasteiger partial charge in [-0.2, -0.15) is 0 Å². The number of ether oxygens (including phenoxy) is 3. The molecule has 0 fully saturated rings. The van der Waals surface area contributed by atoms with Crippen LogP contribution in [0, 0.1) is 0 Å². The summed E-state index contributed by atoms with van der Waals surface area (Å²) < 4.78 is 16.7.